The van der Waals surface area contributed by atoms with Crippen LogP contribution in [0.4, 0.5) is 0 Å². The van der Waals surface area contributed by atoms with Gasteiger partial charge in [-0.15, -0.1) is 0 Å². The minimum Gasteiger partial charge on any atom is -0.481 e. The fraction of sp³-hybridized carbons (Fsp3) is 0.700. The zero-order valence-corrected chi connectivity index (χ0v) is 8.82. The Morgan fingerprint density at radius 2 is 2.23 bits per heavy atom. The fourth-order valence-corrected chi connectivity index (χ4v) is 2.59. The Labute approximate surface area is 83.4 Å². The summed E-state index contributed by atoms with van der Waals surface area (Å²) >= 11 is 1.81. The molecule has 1 aliphatic carbocycles. The zero-order chi connectivity index (χ0) is 9.90. The van der Waals surface area contributed by atoms with Gasteiger partial charge in [0.1, 0.15) is 0 Å². The molecule has 0 spiro atoms. The molecule has 0 saturated heterocycles. The van der Waals surface area contributed by atoms with Crippen LogP contribution in [-0.2, 0) is 4.79 Å². The first-order chi connectivity index (χ1) is 6.04. The Kier molecular flexibility index (Phi) is 3.42. The van der Waals surface area contributed by atoms with Gasteiger partial charge in [-0.1, -0.05) is 12.2 Å². The molecule has 0 aromatic heterocycles. The molecule has 0 aromatic carbocycles. The van der Waals surface area contributed by atoms with Crippen molar-refractivity contribution in [2.45, 2.75) is 26.2 Å². The molecule has 2 nitrogen and oxygen atoms in total. The van der Waals surface area contributed by atoms with Gasteiger partial charge in [0.2, 0.25) is 0 Å². The number of thioether (sulfide) groups is 1. The Morgan fingerprint density at radius 3 is 2.62 bits per heavy atom. The van der Waals surface area contributed by atoms with Crippen LogP contribution in [-0.4, -0.2) is 22.6 Å². The van der Waals surface area contributed by atoms with Crippen molar-refractivity contribution in [1.82, 2.24) is 0 Å². The van der Waals surface area contributed by atoms with Crippen LogP contribution < -0.4 is 0 Å². The summed E-state index contributed by atoms with van der Waals surface area (Å²) in [4.78, 5) is 10.5. The predicted molar refractivity (Wildman–Crippen MR) is 56.1 cm³/mol. The number of aliphatic carboxylic acids is 1. The molecule has 0 heterocycles. The molecule has 0 atom stereocenters. The van der Waals surface area contributed by atoms with Gasteiger partial charge >= 0.3 is 5.97 Å². The second-order valence-corrected chi connectivity index (χ2v) is 5.01. The van der Waals surface area contributed by atoms with Gasteiger partial charge < -0.3 is 5.11 Å². The van der Waals surface area contributed by atoms with E-state index < -0.39 is 5.97 Å². The molecule has 0 unspecified atom stereocenters. The first-order valence-electron chi connectivity index (χ1n) is 4.48. The second-order valence-electron chi connectivity index (χ2n) is 4.02. The summed E-state index contributed by atoms with van der Waals surface area (Å²) in [5, 5.41) is 8.67. The molecule has 0 aliphatic heterocycles. The van der Waals surface area contributed by atoms with Gasteiger partial charge in [-0.25, -0.2) is 0 Å². The van der Waals surface area contributed by atoms with Crippen LogP contribution >= 0.6 is 11.8 Å². The summed E-state index contributed by atoms with van der Waals surface area (Å²) in [6.45, 7) is 5.82. The average molecular weight is 200 g/mol. The standard InChI is InChI=1S/C10H16O2S/c1-8(2)6-13-7-10(3-4-10)5-9(11)12/h1,3-7H2,2H3,(H,11,12). The van der Waals surface area contributed by atoms with Gasteiger partial charge in [-0.3, -0.25) is 4.79 Å². The number of rotatable bonds is 6. The first-order valence-corrected chi connectivity index (χ1v) is 5.63. The second kappa shape index (κ2) is 4.18. The SMILES string of the molecule is C=C(C)CSCC1(CC(=O)O)CC1. The van der Waals surface area contributed by atoms with Crippen LogP contribution in [0.25, 0.3) is 0 Å². The van der Waals surface area contributed by atoms with Gasteiger partial charge in [-0.2, -0.15) is 11.8 Å². The molecular weight excluding hydrogens is 184 g/mol. The molecular formula is C10H16O2S. The van der Waals surface area contributed by atoms with Crippen molar-refractivity contribution >= 4 is 17.7 Å². The largest absolute Gasteiger partial charge is 0.481 e. The highest BCUT2D eigenvalue weighted by molar-refractivity contribution is 7.99. The molecule has 1 fully saturated rings. The average Bonchev–Trinajstić information content (AvgIpc) is 2.66. The van der Waals surface area contributed by atoms with E-state index in [0.717, 1.165) is 29.9 Å². The third kappa shape index (κ3) is 3.85. The highest BCUT2D eigenvalue weighted by Gasteiger charge is 2.43. The van der Waals surface area contributed by atoms with Crippen LogP contribution in [0.1, 0.15) is 26.2 Å². The normalized spacial score (nSPS) is 18.2. The summed E-state index contributed by atoms with van der Waals surface area (Å²) in [6, 6.07) is 0. The zero-order valence-electron chi connectivity index (χ0n) is 8.01. The smallest absolute Gasteiger partial charge is 0.303 e. The Morgan fingerprint density at radius 1 is 1.62 bits per heavy atom. The third-order valence-electron chi connectivity index (χ3n) is 2.24. The first kappa shape index (κ1) is 10.6. The minimum atomic E-state index is -0.659. The molecule has 1 saturated carbocycles. The van der Waals surface area contributed by atoms with Crippen molar-refractivity contribution in [2.24, 2.45) is 5.41 Å². The van der Waals surface area contributed by atoms with E-state index in [9.17, 15) is 4.79 Å². The van der Waals surface area contributed by atoms with E-state index in [-0.39, 0.29) is 5.41 Å². The van der Waals surface area contributed by atoms with E-state index >= 15 is 0 Å². The topological polar surface area (TPSA) is 37.3 Å². The van der Waals surface area contributed by atoms with Crippen molar-refractivity contribution in [3.63, 3.8) is 0 Å². The lowest BCUT2D eigenvalue weighted by molar-refractivity contribution is -0.138. The van der Waals surface area contributed by atoms with Crippen molar-refractivity contribution in [1.29, 1.82) is 0 Å². The Hall–Kier alpha value is -0.440. The molecule has 1 aliphatic rings. The van der Waals surface area contributed by atoms with Gasteiger partial charge in [0.25, 0.3) is 0 Å². The van der Waals surface area contributed by atoms with E-state index in [2.05, 4.69) is 6.58 Å². The number of carboxylic acids is 1. The van der Waals surface area contributed by atoms with Crippen molar-refractivity contribution in [3.05, 3.63) is 12.2 Å². The van der Waals surface area contributed by atoms with Gasteiger partial charge in [0, 0.05) is 5.75 Å². The number of carboxylic acid groups (broad SMARTS) is 1. The van der Waals surface area contributed by atoms with Crippen LogP contribution in [0.5, 0.6) is 0 Å². The molecule has 0 radical (unpaired) electrons. The van der Waals surface area contributed by atoms with Crippen LogP contribution in [0.3, 0.4) is 0 Å². The molecule has 1 rings (SSSR count). The Balaban J connectivity index is 2.20. The van der Waals surface area contributed by atoms with Gasteiger partial charge in [-0.05, 0) is 30.9 Å². The maximum absolute atomic E-state index is 10.5. The van der Waals surface area contributed by atoms with E-state index in [1.807, 2.05) is 18.7 Å². The lowest BCUT2D eigenvalue weighted by Crippen LogP contribution is -2.11. The summed E-state index contributed by atoms with van der Waals surface area (Å²) in [7, 11) is 0. The molecule has 74 valence electrons. The van der Waals surface area contributed by atoms with Crippen LogP contribution in [0.2, 0.25) is 0 Å². The van der Waals surface area contributed by atoms with Crippen molar-refractivity contribution in [2.75, 3.05) is 11.5 Å². The van der Waals surface area contributed by atoms with Crippen LogP contribution in [0.15, 0.2) is 12.2 Å². The van der Waals surface area contributed by atoms with E-state index in [1.165, 1.54) is 0 Å². The lowest BCUT2D eigenvalue weighted by Gasteiger charge is -2.11. The molecule has 0 aromatic rings. The summed E-state index contributed by atoms with van der Waals surface area (Å²) in [5.41, 5.74) is 1.29. The fourth-order valence-electron chi connectivity index (χ4n) is 1.31. The predicted octanol–water partition coefficient (Wildman–Crippen LogP) is 2.55. The number of carbonyl (C=O) groups is 1. The maximum Gasteiger partial charge on any atom is 0.303 e. The lowest BCUT2D eigenvalue weighted by atomic mass is 10.1. The Bertz CT molecular complexity index is 219. The monoisotopic (exact) mass is 200 g/mol. The summed E-state index contributed by atoms with van der Waals surface area (Å²) in [5.74, 6) is 1.28. The molecule has 3 heteroatoms. The molecule has 13 heavy (non-hydrogen) atoms. The number of hydrogen-bond donors (Lipinski definition) is 1. The highest BCUT2D eigenvalue weighted by atomic mass is 32.2. The van der Waals surface area contributed by atoms with Gasteiger partial charge in [0.05, 0.1) is 6.42 Å². The number of hydrogen-bond acceptors (Lipinski definition) is 2. The third-order valence-corrected chi connectivity index (χ3v) is 3.75. The minimum absolute atomic E-state index is 0.131. The molecule has 1 N–H and O–H groups in total. The summed E-state index contributed by atoms with van der Waals surface area (Å²) in [6.07, 6.45) is 2.52. The quantitative estimate of drug-likeness (QED) is 0.669. The van der Waals surface area contributed by atoms with E-state index in [4.69, 9.17) is 5.11 Å². The van der Waals surface area contributed by atoms with E-state index in [1.54, 1.807) is 0 Å². The highest BCUT2D eigenvalue weighted by Crippen LogP contribution is 2.51. The van der Waals surface area contributed by atoms with Crippen LogP contribution in [0, 0.1) is 5.41 Å². The van der Waals surface area contributed by atoms with Gasteiger partial charge in [0.15, 0.2) is 0 Å². The van der Waals surface area contributed by atoms with Crippen molar-refractivity contribution in [3.8, 4) is 0 Å². The maximum atomic E-state index is 10.5. The molecule has 0 amide bonds. The molecule has 0 bridgehead atoms. The summed E-state index contributed by atoms with van der Waals surface area (Å²) < 4.78 is 0. The van der Waals surface area contributed by atoms with E-state index in [0.29, 0.717) is 6.42 Å². The van der Waals surface area contributed by atoms with Crippen molar-refractivity contribution < 1.29 is 9.90 Å².